The molecule has 1 amide bonds. The number of carbonyl (C=O) groups is 1. The monoisotopic (exact) mass is 382 g/mol. The molecular weight excluding hydrogens is 352 g/mol. The average molecular weight is 383 g/mol. The van der Waals surface area contributed by atoms with Crippen LogP contribution in [-0.2, 0) is 17.1 Å². The van der Waals surface area contributed by atoms with Crippen LogP contribution in [0.5, 0.6) is 0 Å². The lowest BCUT2D eigenvalue weighted by Crippen LogP contribution is -2.50. The number of sulfonamides is 1. The van der Waals surface area contributed by atoms with Crippen molar-refractivity contribution in [3.63, 3.8) is 0 Å². The molecule has 1 saturated heterocycles. The number of hydrogen-bond donors (Lipinski definition) is 1. The summed E-state index contributed by atoms with van der Waals surface area (Å²) in [4.78, 5) is 14.5. The number of piperidine rings is 1. The second-order valence-electron chi connectivity index (χ2n) is 7.89. The van der Waals surface area contributed by atoms with Gasteiger partial charge in [0.15, 0.2) is 5.69 Å². The number of carbonyl (C=O) groups excluding carboxylic acids is 1. The molecule has 2 fully saturated rings. The van der Waals surface area contributed by atoms with Gasteiger partial charge in [0.2, 0.25) is 10.0 Å². The van der Waals surface area contributed by atoms with Crippen molar-refractivity contribution in [3.8, 4) is 0 Å². The zero-order valence-electron chi connectivity index (χ0n) is 15.9. The number of rotatable bonds is 5. The third-order valence-electron chi connectivity index (χ3n) is 5.52. The van der Waals surface area contributed by atoms with Gasteiger partial charge in [-0.2, -0.15) is 5.10 Å². The minimum atomic E-state index is -3.40. The molecular formula is C18H30N4O3S. The summed E-state index contributed by atoms with van der Waals surface area (Å²) in [5.74, 6) is 0.104. The maximum Gasteiger partial charge on any atom is 0.274 e. The van der Waals surface area contributed by atoms with Crippen LogP contribution in [0.15, 0.2) is 6.07 Å². The van der Waals surface area contributed by atoms with Crippen molar-refractivity contribution < 1.29 is 13.2 Å². The summed E-state index contributed by atoms with van der Waals surface area (Å²) < 4.78 is 30.1. The van der Waals surface area contributed by atoms with E-state index in [2.05, 4.69) is 23.7 Å². The lowest BCUT2D eigenvalue weighted by molar-refractivity contribution is 0.0720. The predicted molar refractivity (Wildman–Crippen MR) is 101 cm³/mol. The summed E-state index contributed by atoms with van der Waals surface area (Å²) in [5.41, 5.74) is 1.40. The highest BCUT2D eigenvalue weighted by atomic mass is 32.2. The molecule has 1 atom stereocenters. The normalized spacial score (nSPS) is 22.3. The van der Waals surface area contributed by atoms with Gasteiger partial charge in [-0.15, -0.1) is 0 Å². The number of aromatic nitrogens is 2. The minimum Gasteiger partial charge on any atom is -0.336 e. The Bertz CT molecular complexity index is 750. The quantitative estimate of drug-likeness (QED) is 0.844. The van der Waals surface area contributed by atoms with E-state index in [1.54, 1.807) is 9.58 Å². The van der Waals surface area contributed by atoms with Crippen LogP contribution in [-0.4, -0.2) is 53.4 Å². The van der Waals surface area contributed by atoms with Gasteiger partial charge >= 0.3 is 0 Å². The fraction of sp³-hybridized carbons (Fsp3) is 0.778. The molecule has 1 N–H and O–H groups in total. The van der Waals surface area contributed by atoms with Gasteiger partial charge in [-0.25, -0.2) is 13.1 Å². The zero-order chi connectivity index (χ0) is 18.9. The van der Waals surface area contributed by atoms with Crippen molar-refractivity contribution >= 4 is 15.9 Å². The molecule has 0 bridgehead atoms. The van der Waals surface area contributed by atoms with E-state index in [0.717, 1.165) is 31.4 Å². The molecule has 146 valence electrons. The molecule has 0 radical (unpaired) electrons. The molecule has 8 heteroatoms. The van der Waals surface area contributed by atoms with Crippen LogP contribution >= 0.6 is 0 Å². The van der Waals surface area contributed by atoms with Crippen LogP contribution in [0, 0.1) is 0 Å². The Labute approximate surface area is 156 Å². The molecule has 0 unspecified atom stereocenters. The van der Waals surface area contributed by atoms with Crippen molar-refractivity contribution in [2.75, 3.05) is 13.1 Å². The Hall–Kier alpha value is -1.41. The van der Waals surface area contributed by atoms with Crippen molar-refractivity contribution in [3.05, 3.63) is 17.5 Å². The fourth-order valence-electron chi connectivity index (χ4n) is 4.04. The van der Waals surface area contributed by atoms with E-state index >= 15 is 0 Å². The molecule has 7 nitrogen and oxygen atoms in total. The summed E-state index contributed by atoms with van der Waals surface area (Å²) in [6.45, 7) is 4.95. The highest BCUT2D eigenvalue weighted by Crippen LogP contribution is 2.23. The zero-order valence-corrected chi connectivity index (χ0v) is 16.8. The van der Waals surface area contributed by atoms with Crippen LogP contribution in [0.4, 0.5) is 0 Å². The standard InChI is InChI=1S/C18H30N4O3S/c1-13(2)17-11-16(19-21(17)3)18(23)22-10-6-9-15(12-22)26(24,25)20-14-7-4-5-8-14/h11,13-15,20H,4-10,12H2,1-3H3/t15-/m0/s1. The molecule has 3 rings (SSSR count). The second kappa shape index (κ2) is 7.68. The molecule has 26 heavy (non-hydrogen) atoms. The Morgan fingerprint density at radius 3 is 2.54 bits per heavy atom. The van der Waals surface area contributed by atoms with Crippen molar-refractivity contribution in [1.29, 1.82) is 0 Å². The van der Waals surface area contributed by atoms with Crippen LogP contribution in [0.3, 0.4) is 0 Å². The van der Waals surface area contributed by atoms with Crippen molar-refractivity contribution in [2.24, 2.45) is 7.05 Å². The van der Waals surface area contributed by atoms with Gasteiger partial charge in [-0.1, -0.05) is 26.7 Å². The molecule has 0 aromatic carbocycles. The number of nitrogens with one attached hydrogen (secondary N) is 1. The van der Waals surface area contributed by atoms with Crippen LogP contribution < -0.4 is 4.72 Å². The Morgan fingerprint density at radius 2 is 1.92 bits per heavy atom. The van der Waals surface area contributed by atoms with Crippen LogP contribution in [0.1, 0.15) is 74.5 Å². The smallest absolute Gasteiger partial charge is 0.274 e. The van der Waals surface area contributed by atoms with E-state index in [1.807, 2.05) is 13.1 Å². The van der Waals surface area contributed by atoms with E-state index in [-0.39, 0.29) is 24.4 Å². The third kappa shape index (κ3) is 4.11. The second-order valence-corrected chi connectivity index (χ2v) is 9.88. The third-order valence-corrected chi connectivity index (χ3v) is 7.44. The van der Waals surface area contributed by atoms with E-state index in [0.29, 0.717) is 25.1 Å². The Balaban J connectivity index is 1.69. The van der Waals surface area contributed by atoms with Gasteiger partial charge in [-0.3, -0.25) is 9.48 Å². The Morgan fingerprint density at radius 1 is 1.23 bits per heavy atom. The lowest BCUT2D eigenvalue weighted by Gasteiger charge is -2.32. The van der Waals surface area contributed by atoms with E-state index < -0.39 is 15.3 Å². The van der Waals surface area contributed by atoms with Gasteiger partial charge in [0, 0.05) is 31.9 Å². The molecule has 1 aromatic heterocycles. The predicted octanol–water partition coefficient (Wildman–Crippen LogP) is 2.01. The maximum absolute atomic E-state index is 12.8. The van der Waals surface area contributed by atoms with Crippen LogP contribution in [0.25, 0.3) is 0 Å². The van der Waals surface area contributed by atoms with E-state index in [1.165, 1.54) is 0 Å². The first-order chi connectivity index (χ1) is 12.3. The summed E-state index contributed by atoms with van der Waals surface area (Å²) in [6.07, 6.45) is 5.30. The van der Waals surface area contributed by atoms with Crippen molar-refractivity contribution in [1.82, 2.24) is 19.4 Å². The first kappa shape index (κ1) is 19.4. The fourth-order valence-corrected chi connectivity index (χ4v) is 5.78. The molecule has 2 heterocycles. The van der Waals surface area contributed by atoms with E-state index in [4.69, 9.17) is 0 Å². The number of aryl methyl sites for hydroxylation is 1. The molecule has 1 aliphatic heterocycles. The first-order valence-corrected chi connectivity index (χ1v) is 11.2. The van der Waals surface area contributed by atoms with Gasteiger partial charge in [-0.05, 0) is 37.7 Å². The molecule has 1 saturated carbocycles. The highest BCUT2D eigenvalue weighted by Gasteiger charge is 2.35. The van der Waals surface area contributed by atoms with Crippen LogP contribution in [0.2, 0.25) is 0 Å². The minimum absolute atomic E-state index is 0.0652. The first-order valence-electron chi connectivity index (χ1n) is 9.62. The summed E-state index contributed by atoms with van der Waals surface area (Å²) in [5, 5.41) is 3.80. The number of amides is 1. The van der Waals surface area contributed by atoms with Crippen molar-refractivity contribution in [2.45, 2.75) is 69.6 Å². The topological polar surface area (TPSA) is 84.3 Å². The SMILES string of the molecule is CC(C)c1cc(C(=O)N2CCC[C@H](S(=O)(=O)NC3CCCC3)C2)nn1C. The van der Waals surface area contributed by atoms with Gasteiger partial charge in [0.25, 0.3) is 5.91 Å². The van der Waals surface area contributed by atoms with Gasteiger partial charge < -0.3 is 4.90 Å². The summed E-state index contributed by atoms with van der Waals surface area (Å²) in [6, 6.07) is 1.89. The molecule has 1 aromatic rings. The Kier molecular flexibility index (Phi) is 5.72. The number of likely N-dealkylation sites (tertiary alicyclic amines) is 1. The number of nitrogens with zero attached hydrogens (tertiary/aromatic N) is 3. The molecule has 1 aliphatic carbocycles. The van der Waals surface area contributed by atoms with Gasteiger partial charge in [0.05, 0.1) is 5.25 Å². The largest absolute Gasteiger partial charge is 0.336 e. The summed E-state index contributed by atoms with van der Waals surface area (Å²) in [7, 11) is -1.57. The average Bonchev–Trinajstić information content (AvgIpc) is 3.23. The maximum atomic E-state index is 12.8. The number of hydrogen-bond acceptors (Lipinski definition) is 4. The highest BCUT2D eigenvalue weighted by molar-refractivity contribution is 7.90. The molecule has 0 spiro atoms. The lowest BCUT2D eigenvalue weighted by atomic mass is 10.1. The summed E-state index contributed by atoms with van der Waals surface area (Å²) >= 11 is 0. The van der Waals surface area contributed by atoms with E-state index in [9.17, 15) is 13.2 Å². The van der Waals surface area contributed by atoms with Gasteiger partial charge in [0.1, 0.15) is 0 Å². The molecule has 2 aliphatic rings.